The fourth-order valence-corrected chi connectivity index (χ4v) is 4.34. The lowest BCUT2D eigenvalue weighted by Crippen LogP contribution is -2.24. The van der Waals surface area contributed by atoms with Gasteiger partial charge in [-0.2, -0.15) is 4.98 Å². The molecule has 0 unspecified atom stereocenters. The molecule has 1 aliphatic rings. The first-order valence-corrected chi connectivity index (χ1v) is 11.6. The molecule has 5 rings (SSSR count). The van der Waals surface area contributed by atoms with E-state index < -0.39 is 17.9 Å². The SMILES string of the molecule is CCn1c(=O)c2cnc(Nc3cc4c(cc3F)CNCC4)nc2n1-c1ccnc(C(C)(C)CF)c1. The minimum atomic E-state index is -0.780. The summed E-state index contributed by atoms with van der Waals surface area (Å²) in [6.45, 7) is 6.68. The van der Waals surface area contributed by atoms with Crippen LogP contribution in [0.2, 0.25) is 0 Å². The van der Waals surface area contributed by atoms with Crippen LogP contribution in [0.25, 0.3) is 16.7 Å². The molecule has 0 bridgehead atoms. The second-order valence-electron chi connectivity index (χ2n) is 9.33. The number of pyridine rings is 1. The van der Waals surface area contributed by atoms with Gasteiger partial charge in [-0.3, -0.25) is 14.2 Å². The van der Waals surface area contributed by atoms with Crippen molar-refractivity contribution >= 4 is 22.7 Å². The van der Waals surface area contributed by atoms with Crippen molar-refractivity contribution in [1.82, 2.24) is 29.6 Å². The van der Waals surface area contributed by atoms with E-state index >= 15 is 0 Å². The van der Waals surface area contributed by atoms with Crippen LogP contribution in [0.15, 0.2) is 41.5 Å². The summed E-state index contributed by atoms with van der Waals surface area (Å²) in [6, 6.07) is 6.82. The number of fused-ring (bicyclic) bond motifs is 2. The van der Waals surface area contributed by atoms with Crippen LogP contribution in [-0.4, -0.2) is 37.5 Å². The Bertz CT molecular complexity index is 1470. The summed E-state index contributed by atoms with van der Waals surface area (Å²) in [5, 5.41) is 6.55. The highest BCUT2D eigenvalue weighted by molar-refractivity contribution is 5.77. The Balaban J connectivity index is 1.62. The largest absolute Gasteiger partial charge is 0.322 e. The third kappa shape index (κ3) is 4.07. The van der Waals surface area contributed by atoms with E-state index in [2.05, 4.69) is 25.6 Å². The van der Waals surface area contributed by atoms with Crippen molar-refractivity contribution < 1.29 is 8.78 Å². The zero-order valence-corrected chi connectivity index (χ0v) is 19.9. The zero-order chi connectivity index (χ0) is 24.7. The maximum atomic E-state index is 14.8. The molecule has 0 saturated carbocycles. The Morgan fingerprint density at radius 1 is 1.20 bits per heavy atom. The van der Waals surface area contributed by atoms with Gasteiger partial charge < -0.3 is 10.6 Å². The van der Waals surface area contributed by atoms with Gasteiger partial charge in [-0.1, -0.05) is 13.8 Å². The molecule has 8 nitrogen and oxygen atoms in total. The van der Waals surface area contributed by atoms with Gasteiger partial charge in [-0.15, -0.1) is 0 Å². The first-order valence-electron chi connectivity index (χ1n) is 11.6. The van der Waals surface area contributed by atoms with Crippen molar-refractivity contribution in [3.05, 3.63) is 69.7 Å². The van der Waals surface area contributed by atoms with Gasteiger partial charge in [0.2, 0.25) is 5.95 Å². The van der Waals surface area contributed by atoms with Crippen LogP contribution in [0.4, 0.5) is 20.4 Å². The molecule has 0 radical (unpaired) electrons. The number of benzene rings is 1. The average Bonchev–Trinajstić information content (AvgIpc) is 3.15. The van der Waals surface area contributed by atoms with Crippen molar-refractivity contribution in [2.24, 2.45) is 0 Å². The Labute approximate surface area is 201 Å². The maximum absolute atomic E-state index is 14.8. The minimum absolute atomic E-state index is 0.172. The van der Waals surface area contributed by atoms with Gasteiger partial charge in [0, 0.05) is 30.9 Å². The van der Waals surface area contributed by atoms with Gasteiger partial charge in [0.1, 0.15) is 17.9 Å². The molecule has 0 spiro atoms. The van der Waals surface area contributed by atoms with Crippen LogP contribution < -0.4 is 16.2 Å². The van der Waals surface area contributed by atoms with Gasteiger partial charge in [0.15, 0.2) is 5.65 Å². The van der Waals surface area contributed by atoms with E-state index in [0.717, 1.165) is 24.1 Å². The van der Waals surface area contributed by atoms with Crippen LogP contribution in [0, 0.1) is 5.82 Å². The van der Waals surface area contributed by atoms with E-state index in [4.69, 9.17) is 0 Å². The standard InChI is InChI=1S/C25H27F2N7O/c1-4-33-23(35)18-13-30-24(31-20-10-15-5-7-28-12-16(15)9-19(20)27)32-22(18)34(33)17-6-8-29-21(11-17)25(2,3)14-26/h6,8-11,13,28H,4-5,7,12,14H2,1-3H3,(H,30,31,32). The fourth-order valence-electron chi connectivity index (χ4n) is 4.34. The molecular weight excluding hydrogens is 452 g/mol. The molecule has 0 atom stereocenters. The molecular formula is C25H27F2N7O. The summed E-state index contributed by atoms with van der Waals surface area (Å²) >= 11 is 0. The molecule has 1 aromatic carbocycles. The highest BCUT2D eigenvalue weighted by atomic mass is 19.1. The summed E-state index contributed by atoms with van der Waals surface area (Å²) < 4.78 is 31.6. The lowest BCUT2D eigenvalue weighted by Gasteiger charge is -2.21. The van der Waals surface area contributed by atoms with Crippen molar-refractivity contribution in [3.8, 4) is 5.69 Å². The molecule has 10 heteroatoms. The third-order valence-corrected chi connectivity index (χ3v) is 6.41. The van der Waals surface area contributed by atoms with Crippen molar-refractivity contribution in [1.29, 1.82) is 0 Å². The normalized spacial score (nSPS) is 13.7. The Kier molecular flexibility index (Phi) is 5.84. The molecule has 1 aliphatic heterocycles. The first-order chi connectivity index (χ1) is 16.8. The predicted octanol–water partition coefficient (Wildman–Crippen LogP) is 3.77. The lowest BCUT2D eigenvalue weighted by atomic mass is 9.90. The van der Waals surface area contributed by atoms with E-state index in [-0.39, 0.29) is 17.2 Å². The van der Waals surface area contributed by atoms with Crippen LogP contribution >= 0.6 is 0 Å². The highest BCUT2D eigenvalue weighted by Gasteiger charge is 2.24. The highest BCUT2D eigenvalue weighted by Crippen LogP contribution is 2.27. The number of anilines is 2. The van der Waals surface area contributed by atoms with Crippen LogP contribution in [0.1, 0.15) is 37.6 Å². The van der Waals surface area contributed by atoms with Crippen LogP contribution in [0.5, 0.6) is 0 Å². The lowest BCUT2D eigenvalue weighted by molar-refractivity contribution is 0.344. The fraction of sp³-hybridized carbons (Fsp3) is 0.360. The Hall–Kier alpha value is -3.66. The minimum Gasteiger partial charge on any atom is -0.322 e. The number of hydrogen-bond acceptors (Lipinski definition) is 6. The van der Waals surface area contributed by atoms with Gasteiger partial charge >= 0.3 is 0 Å². The van der Waals surface area contributed by atoms with Gasteiger partial charge in [-0.25, -0.2) is 18.7 Å². The average molecular weight is 480 g/mol. The Morgan fingerprint density at radius 2 is 2.03 bits per heavy atom. The van der Waals surface area contributed by atoms with E-state index in [9.17, 15) is 13.6 Å². The molecule has 4 aromatic rings. The molecule has 0 saturated heterocycles. The van der Waals surface area contributed by atoms with Gasteiger partial charge in [-0.05, 0) is 55.3 Å². The van der Waals surface area contributed by atoms with Crippen molar-refractivity contribution in [3.63, 3.8) is 0 Å². The van der Waals surface area contributed by atoms with E-state index in [1.807, 2.05) is 6.92 Å². The summed E-state index contributed by atoms with van der Waals surface area (Å²) in [7, 11) is 0. The van der Waals surface area contributed by atoms with Crippen molar-refractivity contribution in [2.75, 3.05) is 18.5 Å². The van der Waals surface area contributed by atoms with Crippen LogP contribution in [-0.2, 0) is 24.9 Å². The summed E-state index contributed by atoms with van der Waals surface area (Å²) in [4.78, 5) is 26.3. The number of halogens is 2. The monoisotopic (exact) mass is 479 g/mol. The van der Waals surface area contributed by atoms with E-state index in [1.54, 1.807) is 42.9 Å². The third-order valence-electron chi connectivity index (χ3n) is 6.41. The molecule has 0 fully saturated rings. The zero-order valence-electron chi connectivity index (χ0n) is 19.9. The van der Waals surface area contributed by atoms with Crippen LogP contribution in [0.3, 0.4) is 0 Å². The molecule has 4 heterocycles. The maximum Gasteiger partial charge on any atom is 0.278 e. The second kappa shape index (κ2) is 8.84. The Morgan fingerprint density at radius 3 is 2.80 bits per heavy atom. The molecule has 182 valence electrons. The topological polar surface area (TPSA) is 89.7 Å². The number of hydrogen-bond donors (Lipinski definition) is 2. The quantitative estimate of drug-likeness (QED) is 0.438. The number of nitrogens with zero attached hydrogens (tertiary/aromatic N) is 5. The number of nitrogens with one attached hydrogen (secondary N) is 2. The van der Waals surface area contributed by atoms with E-state index in [1.165, 1.54) is 16.9 Å². The second-order valence-corrected chi connectivity index (χ2v) is 9.33. The molecule has 0 aliphatic carbocycles. The molecule has 2 N–H and O–H groups in total. The number of alkyl halides is 1. The first kappa shape index (κ1) is 23.1. The summed E-state index contributed by atoms with van der Waals surface area (Å²) in [6.07, 6.45) is 3.85. The smallest absolute Gasteiger partial charge is 0.278 e. The van der Waals surface area contributed by atoms with Gasteiger partial charge in [0.05, 0.1) is 17.1 Å². The molecule has 3 aromatic heterocycles. The number of rotatable bonds is 6. The van der Waals surface area contributed by atoms with Crippen molar-refractivity contribution in [2.45, 2.75) is 45.7 Å². The van der Waals surface area contributed by atoms with E-state index in [0.29, 0.717) is 35.5 Å². The predicted molar refractivity (Wildman–Crippen MR) is 131 cm³/mol. The number of aromatic nitrogens is 5. The summed E-state index contributed by atoms with van der Waals surface area (Å²) in [5.41, 5.74) is 2.82. The molecule has 35 heavy (non-hydrogen) atoms. The van der Waals surface area contributed by atoms with Gasteiger partial charge in [0.25, 0.3) is 5.56 Å². The summed E-state index contributed by atoms with van der Waals surface area (Å²) in [5.74, 6) is -0.224. The molecule has 0 amide bonds.